The van der Waals surface area contributed by atoms with Crippen molar-refractivity contribution in [1.29, 1.82) is 0 Å². The number of hydrogen-bond donors (Lipinski definition) is 1. The van der Waals surface area contributed by atoms with Gasteiger partial charge >= 0.3 is 0 Å². The molecule has 0 heterocycles. The largest absolute Gasteiger partial charge is 0.497 e. The summed E-state index contributed by atoms with van der Waals surface area (Å²) in [6, 6.07) is 11.0. The first-order chi connectivity index (χ1) is 11.5. The van der Waals surface area contributed by atoms with Crippen molar-refractivity contribution in [2.75, 3.05) is 20.8 Å². The second-order valence-corrected chi connectivity index (χ2v) is 5.12. The second-order valence-electron chi connectivity index (χ2n) is 5.12. The first-order valence-corrected chi connectivity index (χ1v) is 7.43. The summed E-state index contributed by atoms with van der Waals surface area (Å²) in [5, 5.41) is 2.79. The molecule has 2 aromatic carbocycles. The van der Waals surface area contributed by atoms with E-state index < -0.39 is 5.82 Å². The second kappa shape index (κ2) is 8.19. The van der Waals surface area contributed by atoms with E-state index in [1.807, 2.05) is 6.92 Å². The monoisotopic (exact) mass is 333 g/mol. The SMILES string of the molecule is COc1ccc(OC)c([C@@H](C)NC(=O)COc2ccccc2F)c1. The number of para-hydroxylation sites is 1. The molecule has 1 atom stereocenters. The Morgan fingerprint density at radius 2 is 1.88 bits per heavy atom. The van der Waals surface area contributed by atoms with Crippen LogP contribution in [0.25, 0.3) is 0 Å². The van der Waals surface area contributed by atoms with Gasteiger partial charge in [-0.25, -0.2) is 4.39 Å². The first-order valence-electron chi connectivity index (χ1n) is 7.43. The van der Waals surface area contributed by atoms with Crippen molar-refractivity contribution in [2.45, 2.75) is 13.0 Å². The van der Waals surface area contributed by atoms with Crippen LogP contribution in [0.3, 0.4) is 0 Å². The van der Waals surface area contributed by atoms with Gasteiger partial charge in [0, 0.05) is 5.56 Å². The molecule has 24 heavy (non-hydrogen) atoms. The van der Waals surface area contributed by atoms with Crippen LogP contribution in [-0.4, -0.2) is 26.7 Å². The van der Waals surface area contributed by atoms with E-state index in [1.165, 1.54) is 12.1 Å². The van der Waals surface area contributed by atoms with Crippen LogP contribution < -0.4 is 19.5 Å². The Balaban J connectivity index is 2.00. The van der Waals surface area contributed by atoms with Crippen LogP contribution in [-0.2, 0) is 4.79 Å². The van der Waals surface area contributed by atoms with Crippen LogP contribution in [0.1, 0.15) is 18.5 Å². The molecule has 0 aliphatic heterocycles. The van der Waals surface area contributed by atoms with Gasteiger partial charge in [0.25, 0.3) is 5.91 Å². The van der Waals surface area contributed by atoms with E-state index in [-0.39, 0.29) is 24.3 Å². The highest BCUT2D eigenvalue weighted by Crippen LogP contribution is 2.29. The molecule has 0 aromatic heterocycles. The fraction of sp³-hybridized carbons (Fsp3) is 0.278. The van der Waals surface area contributed by atoms with Gasteiger partial charge in [0.05, 0.1) is 20.3 Å². The first kappa shape index (κ1) is 17.6. The quantitative estimate of drug-likeness (QED) is 0.846. The Labute approximate surface area is 140 Å². The maximum Gasteiger partial charge on any atom is 0.258 e. The van der Waals surface area contributed by atoms with Gasteiger partial charge in [-0.3, -0.25) is 4.79 Å². The Kier molecular flexibility index (Phi) is 6.01. The van der Waals surface area contributed by atoms with Gasteiger partial charge < -0.3 is 19.5 Å². The van der Waals surface area contributed by atoms with Crippen LogP contribution in [0.4, 0.5) is 4.39 Å². The van der Waals surface area contributed by atoms with Crippen molar-refractivity contribution >= 4 is 5.91 Å². The van der Waals surface area contributed by atoms with Gasteiger partial charge in [0.2, 0.25) is 0 Å². The molecule has 128 valence electrons. The molecule has 0 fully saturated rings. The molecule has 0 radical (unpaired) electrons. The Morgan fingerprint density at radius 3 is 2.54 bits per heavy atom. The van der Waals surface area contributed by atoms with Gasteiger partial charge in [-0.05, 0) is 37.3 Å². The average molecular weight is 333 g/mol. The summed E-state index contributed by atoms with van der Waals surface area (Å²) in [5.41, 5.74) is 0.774. The lowest BCUT2D eigenvalue weighted by Gasteiger charge is -2.18. The van der Waals surface area contributed by atoms with Gasteiger partial charge in [0.1, 0.15) is 11.5 Å². The smallest absolute Gasteiger partial charge is 0.258 e. The molecule has 0 saturated carbocycles. The topological polar surface area (TPSA) is 56.8 Å². The highest BCUT2D eigenvalue weighted by Gasteiger charge is 2.16. The number of hydrogen-bond acceptors (Lipinski definition) is 4. The number of benzene rings is 2. The maximum absolute atomic E-state index is 13.5. The molecule has 0 unspecified atom stereocenters. The molecular formula is C18H20FNO4. The van der Waals surface area contributed by atoms with E-state index in [1.54, 1.807) is 44.6 Å². The van der Waals surface area contributed by atoms with Gasteiger partial charge in [0.15, 0.2) is 18.2 Å². The third-order valence-electron chi connectivity index (χ3n) is 3.48. The normalized spacial score (nSPS) is 11.5. The molecule has 0 saturated heterocycles. The maximum atomic E-state index is 13.5. The number of nitrogens with one attached hydrogen (secondary N) is 1. The number of amides is 1. The van der Waals surface area contributed by atoms with E-state index in [9.17, 15) is 9.18 Å². The van der Waals surface area contributed by atoms with Crippen LogP contribution in [0.2, 0.25) is 0 Å². The molecule has 0 aliphatic carbocycles. The Hall–Kier alpha value is -2.76. The summed E-state index contributed by atoms with van der Waals surface area (Å²) in [7, 11) is 3.12. The molecule has 0 spiro atoms. The van der Waals surface area contributed by atoms with Crippen LogP contribution >= 0.6 is 0 Å². The summed E-state index contributed by atoms with van der Waals surface area (Å²) < 4.78 is 29.2. The van der Waals surface area contributed by atoms with E-state index in [0.29, 0.717) is 11.5 Å². The molecule has 1 N–H and O–H groups in total. The summed E-state index contributed by atoms with van der Waals surface area (Å²) >= 11 is 0. The lowest BCUT2D eigenvalue weighted by Crippen LogP contribution is -2.31. The molecule has 0 bridgehead atoms. The van der Waals surface area contributed by atoms with Crippen LogP contribution in [0, 0.1) is 5.82 Å². The van der Waals surface area contributed by atoms with Crippen molar-refractivity contribution in [3.63, 3.8) is 0 Å². The molecule has 6 heteroatoms. The third kappa shape index (κ3) is 4.38. The summed E-state index contributed by atoms with van der Waals surface area (Å²) in [6.07, 6.45) is 0. The zero-order valence-corrected chi connectivity index (χ0v) is 13.8. The number of methoxy groups -OCH3 is 2. The lowest BCUT2D eigenvalue weighted by molar-refractivity contribution is -0.123. The van der Waals surface area contributed by atoms with Crippen molar-refractivity contribution in [3.05, 3.63) is 53.8 Å². The average Bonchev–Trinajstić information content (AvgIpc) is 2.60. The summed E-state index contributed by atoms with van der Waals surface area (Å²) in [4.78, 5) is 12.0. The number of halogens is 1. The molecule has 5 nitrogen and oxygen atoms in total. The van der Waals surface area contributed by atoms with E-state index in [0.717, 1.165) is 5.56 Å². The van der Waals surface area contributed by atoms with E-state index in [4.69, 9.17) is 14.2 Å². The fourth-order valence-electron chi connectivity index (χ4n) is 2.24. The standard InChI is InChI=1S/C18H20FNO4/c1-12(14-10-13(22-2)8-9-16(14)23-3)20-18(21)11-24-17-7-5-4-6-15(17)19/h4-10,12H,11H2,1-3H3,(H,20,21)/t12-/m1/s1. The highest BCUT2D eigenvalue weighted by molar-refractivity contribution is 5.78. The number of ether oxygens (including phenoxy) is 3. The minimum absolute atomic E-state index is 0.0410. The van der Waals surface area contributed by atoms with Gasteiger partial charge in [-0.1, -0.05) is 12.1 Å². The predicted octanol–water partition coefficient (Wildman–Crippen LogP) is 3.10. The Morgan fingerprint density at radius 1 is 1.12 bits per heavy atom. The summed E-state index contributed by atoms with van der Waals surface area (Å²) in [6.45, 7) is 1.54. The van der Waals surface area contributed by atoms with E-state index >= 15 is 0 Å². The molecule has 2 rings (SSSR count). The van der Waals surface area contributed by atoms with Crippen molar-refractivity contribution in [2.24, 2.45) is 0 Å². The molecular weight excluding hydrogens is 313 g/mol. The predicted molar refractivity (Wildman–Crippen MR) is 88.0 cm³/mol. The van der Waals surface area contributed by atoms with Gasteiger partial charge in [-0.15, -0.1) is 0 Å². The van der Waals surface area contributed by atoms with Gasteiger partial charge in [-0.2, -0.15) is 0 Å². The third-order valence-corrected chi connectivity index (χ3v) is 3.48. The molecule has 2 aromatic rings. The zero-order valence-electron chi connectivity index (χ0n) is 13.8. The highest BCUT2D eigenvalue weighted by atomic mass is 19.1. The van der Waals surface area contributed by atoms with Crippen molar-refractivity contribution in [1.82, 2.24) is 5.32 Å². The Bertz CT molecular complexity index is 705. The van der Waals surface area contributed by atoms with Crippen molar-refractivity contribution < 1.29 is 23.4 Å². The molecule has 0 aliphatic rings. The number of carbonyl (C=O) groups is 1. The minimum atomic E-state index is -0.507. The number of carbonyl (C=O) groups excluding carboxylic acids is 1. The van der Waals surface area contributed by atoms with Crippen LogP contribution in [0.5, 0.6) is 17.2 Å². The summed E-state index contributed by atoms with van der Waals surface area (Å²) in [5.74, 6) is 0.468. The zero-order chi connectivity index (χ0) is 17.5. The van der Waals surface area contributed by atoms with Crippen molar-refractivity contribution in [3.8, 4) is 17.2 Å². The van der Waals surface area contributed by atoms with E-state index in [2.05, 4.69) is 5.32 Å². The lowest BCUT2D eigenvalue weighted by atomic mass is 10.1. The number of rotatable bonds is 7. The molecule has 1 amide bonds. The van der Waals surface area contributed by atoms with Crippen LogP contribution in [0.15, 0.2) is 42.5 Å². The fourth-order valence-corrected chi connectivity index (χ4v) is 2.24. The minimum Gasteiger partial charge on any atom is -0.497 e.